The zero-order valence-electron chi connectivity index (χ0n) is 16.6. The zero-order valence-corrected chi connectivity index (χ0v) is 18.2. The molecule has 0 bridgehead atoms. The van der Waals surface area contributed by atoms with Crippen LogP contribution in [0.2, 0.25) is 5.02 Å². The van der Waals surface area contributed by atoms with Crippen LogP contribution in [0.3, 0.4) is 0 Å². The number of nitro benzene ring substituents is 1. The molecule has 2 aromatic rings. The Morgan fingerprint density at radius 3 is 2.50 bits per heavy atom. The Morgan fingerprint density at radius 1 is 1.20 bits per heavy atom. The summed E-state index contributed by atoms with van der Waals surface area (Å²) in [6, 6.07) is 8.11. The second-order valence-corrected chi connectivity index (χ2v) is 9.78. The molecule has 3 rings (SSSR count). The lowest BCUT2D eigenvalue weighted by molar-refractivity contribution is -0.384. The molecule has 0 aliphatic carbocycles. The van der Waals surface area contributed by atoms with Crippen molar-refractivity contribution in [1.82, 2.24) is 4.31 Å². The number of nitro groups is 1. The van der Waals surface area contributed by atoms with Crippen LogP contribution in [0.5, 0.6) is 0 Å². The molecule has 1 N–H and O–H groups in total. The third kappa shape index (κ3) is 4.63. The maximum absolute atomic E-state index is 13.0. The molecule has 160 valence electrons. The molecule has 1 heterocycles. The van der Waals surface area contributed by atoms with E-state index in [1.54, 1.807) is 13.0 Å². The average molecular weight is 452 g/mol. The number of hydrogen-bond donors (Lipinski definition) is 1. The Hall–Kier alpha value is -2.49. The van der Waals surface area contributed by atoms with Gasteiger partial charge in [-0.1, -0.05) is 24.6 Å². The fourth-order valence-electron chi connectivity index (χ4n) is 3.29. The lowest BCUT2D eigenvalue weighted by Crippen LogP contribution is -2.38. The van der Waals surface area contributed by atoms with E-state index in [2.05, 4.69) is 12.2 Å². The van der Waals surface area contributed by atoms with Gasteiger partial charge >= 0.3 is 0 Å². The van der Waals surface area contributed by atoms with E-state index in [1.807, 2.05) is 0 Å². The van der Waals surface area contributed by atoms with Gasteiger partial charge in [-0.25, -0.2) is 8.42 Å². The largest absolute Gasteiger partial charge is 0.320 e. The van der Waals surface area contributed by atoms with Gasteiger partial charge in [0.25, 0.3) is 11.6 Å². The molecule has 1 saturated heterocycles. The second-order valence-electron chi connectivity index (χ2n) is 7.44. The van der Waals surface area contributed by atoms with Crippen LogP contribution in [0, 0.1) is 23.0 Å². The Kier molecular flexibility index (Phi) is 6.44. The van der Waals surface area contributed by atoms with Gasteiger partial charge in [0.1, 0.15) is 0 Å². The number of carbonyl (C=O) groups excluding carboxylic acids is 1. The van der Waals surface area contributed by atoms with E-state index in [-0.39, 0.29) is 26.9 Å². The average Bonchev–Trinajstić information content (AvgIpc) is 2.69. The Morgan fingerprint density at radius 2 is 1.87 bits per heavy atom. The molecule has 0 unspecified atom stereocenters. The summed E-state index contributed by atoms with van der Waals surface area (Å²) in [6.45, 7) is 4.67. The van der Waals surface area contributed by atoms with Gasteiger partial charge in [0.15, 0.2) is 0 Å². The number of aryl methyl sites for hydroxylation is 1. The quantitative estimate of drug-likeness (QED) is 0.540. The van der Waals surface area contributed by atoms with Crippen molar-refractivity contribution in [2.45, 2.75) is 31.6 Å². The van der Waals surface area contributed by atoms with E-state index in [9.17, 15) is 23.3 Å². The number of non-ortho nitro benzene ring substituents is 1. The van der Waals surface area contributed by atoms with E-state index in [0.717, 1.165) is 18.9 Å². The molecule has 0 atom stereocenters. The highest BCUT2D eigenvalue weighted by Gasteiger charge is 2.29. The number of rotatable bonds is 5. The number of nitrogens with one attached hydrogen (secondary N) is 1. The topological polar surface area (TPSA) is 110 Å². The van der Waals surface area contributed by atoms with Gasteiger partial charge in [-0.3, -0.25) is 14.9 Å². The van der Waals surface area contributed by atoms with E-state index in [1.165, 1.54) is 28.6 Å². The molecule has 0 saturated carbocycles. The monoisotopic (exact) mass is 451 g/mol. The van der Waals surface area contributed by atoms with Crippen molar-refractivity contribution in [3.63, 3.8) is 0 Å². The fourth-order valence-corrected chi connectivity index (χ4v) is 4.95. The molecular formula is C20H22ClN3O5S. The fraction of sp³-hybridized carbons (Fsp3) is 0.350. The first-order valence-electron chi connectivity index (χ1n) is 9.45. The molecule has 1 aliphatic rings. The number of amides is 1. The van der Waals surface area contributed by atoms with Gasteiger partial charge in [-0.2, -0.15) is 4.31 Å². The van der Waals surface area contributed by atoms with Gasteiger partial charge in [0.2, 0.25) is 10.0 Å². The molecule has 1 amide bonds. The summed E-state index contributed by atoms with van der Waals surface area (Å²) in [7, 11) is -3.72. The van der Waals surface area contributed by atoms with Crippen LogP contribution in [-0.2, 0) is 10.0 Å². The van der Waals surface area contributed by atoms with Crippen LogP contribution in [0.1, 0.15) is 35.7 Å². The Bertz CT molecular complexity index is 1100. The maximum Gasteiger partial charge on any atom is 0.271 e. The van der Waals surface area contributed by atoms with Gasteiger partial charge < -0.3 is 5.32 Å². The second kappa shape index (κ2) is 8.71. The van der Waals surface area contributed by atoms with Crippen LogP contribution >= 0.6 is 11.6 Å². The molecule has 10 heteroatoms. The van der Waals surface area contributed by atoms with Gasteiger partial charge in [-0.15, -0.1) is 0 Å². The van der Waals surface area contributed by atoms with E-state index < -0.39 is 20.9 Å². The highest BCUT2D eigenvalue weighted by atomic mass is 35.5. The summed E-state index contributed by atoms with van der Waals surface area (Å²) in [5.74, 6) is -0.116. The van der Waals surface area contributed by atoms with Crippen molar-refractivity contribution in [2.75, 3.05) is 18.4 Å². The van der Waals surface area contributed by atoms with Gasteiger partial charge in [0.05, 0.1) is 20.5 Å². The van der Waals surface area contributed by atoms with Crippen molar-refractivity contribution in [3.05, 3.63) is 62.7 Å². The minimum absolute atomic E-state index is 0.0398. The van der Waals surface area contributed by atoms with Crippen molar-refractivity contribution in [1.29, 1.82) is 0 Å². The number of benzene rings is 2. The molecule has 0 spiro atoms. The maximum atomic E-state index is 13.0. The molecule has 8 nitrogen and oxygen atoms in total. The molecule has 2 aromatic carbocycles. The van der Waals surface area contributed by atoms with Crippen molar-refractivity contribution < 1.29 is 18.1 Å². The van der Waals surface area contributed by atoms with Crippen LogP contribution < -0.4 is 5.32 Å². The lowest BCUT2D eigenvalue weighted by Gasteiger charge is -2.29. The first-order chi connectivity index (χ1) is 14.1. The molecule has 30 heavy (non-hydrogen) atoms. The van der Waals surface area contributed by atoms with Crippen molar-refractivity contribution in [3.8, 4) is 0 Å². The molecule has 0 radical (unpaired) electrons. The number of sulfonamides is 1. The third-order valence-electron chi connectivity index (χ3n) is 5.24. The number of anilines is 1. The number of hydrogen-bond acceptors (Lipinski definition) is 5. The highest BCUT2D eigenvalue weighted by molar-refractivity contribution is 7.89. The smallest absolute Gasteiger partial charge is 0.271 e. The Labute approximate surface area is 180 Å². The third-order valence-corrected chi connectivity index (χ3v) is 7.47. The summed E-state index contributed by atoms with van der Waals surface area (Å²) in [5, 5.41) is 13.7. The van der Waals surface area contributed by atoms with Gasteiger partial charge in [-0.05, 0) is 49.4 Å². The predicted molar refractivity (Wildman–Crippen MR) is 114 cm³/mol. The van der Waals surface area contributed by atoms with E-state index >= 15 is 0 Å². The summed E-state index contributed by atoms with van der Waals surface area (Å²) in [4.78, 5) is 23.2. The lowest BCUT2D eigenvalue weighted by atomic mass is 10.0. The number of carbonyl (C=O) groups is 1. The predicted octanol–water partition coefficient (Wildman–Crippen LogP) is 4.23. The SMILES string of the molecule is Cc1ccc(S(=O)(=O)N2CCC(C)CC2)cc1C(=O)Nc1cc([N+](=O)[O-])ccc1Cl. The number of nitrogens with zero attached hydrogens (tertiary/aromatic N) is 2. The van der Waals surface area contributed by atoms with Crippen molar-refractivity contribution in [2.24, 2.45) is 5.92 Å². The minimum atomic E-state index is -3.72. The number of halogens is 1. The summed E-state index contributed by atoms with van der Waals surface area (Å²) < 4.78 is 27.5. The first-order valence-corrected chi connectivity index (χ1v) is 11.3. The highest BCUT2D eigenvalue weighted by Crippen LogP contribution is 2.29. The van der Waals surface area contributed by atoms with Crippen LogP contribution in [0.4, 0.5) is 11.4 Å². The number of piperidine rings is 1. The zero-order chi connectivity index (χ0) is 22.1. The standard InChI is InChI=1S/C20H22ClN3O5S/c1-13-7-9-23(10-8-13)30(28,29)16-5-3-14(2)17(12-16)20(25)22-19-11-15(24(26)27)4-6-18(19)21/h3-6,11-13H,7-10H2,1-2H3,(H,22,25). The van der Waals surface area contributed by atoms with Crippen LogP contribution in [-0.4, -0.2) is 36.6 Å². The normalized spacial score (nSPS) is 15.7. The summed E-state index contributed by atoms with van der Waals surface area (Å²) in [6.07, 6.45) is 1.59. The van der Waals surface area contributed by atoms with Crippen LogP contribution in [0.25, 0.3) is 0 Å². The van der Waals surface area contributed by atoms with E-state index in [0.29, 0.717) is 24.6 Å². The minimum Gasteiger partial charge on any atom is -0.320 e. The molecule has 0 aromatic heterocycles. The van der Waals surface area contributed by atoms with Gasteiger partial charge in [0, 0.05) is 30.8 Å². The van der Waals surface area contributed by atoms with E-state index in [4.69, 9.17) is 11.6 Å². The Balaban J connectivity index is 1.89. The first kappa shape index (κ1) is 22.2. The summed E-state index contributed by atoms with van der Waals surface area (Å²) in [5.41, 5.74) is 0.583. The van der Waals surface area contributed by atoms with Crippen molar-refractivity contribution >= 4 is 38.9 Å². The summed E-state index contributed by atoms with van der Waals surface area (Å²) >= 11 is 6.05. The molecule has 1 aliphatic heterocycles. The molecule has 1 fully saturated rings. The molecular weight excluding hydrogens is 430 g/mol. The van der Waals surface area contributed by atoms with Crippen LogP contribution in [0.15, 0.2) is 41.3 Å².